The maximum absolute atomic E-state index is 13.1. The van der Waals surface area contributed by atoms with Gasteiger partial charge in [0.15, 0.2) is 0 Å². The third kappa shape index (κ3) is 3.80. The van der Waals surface area contributed by atoms with Gasteiger partial charge in [-0.3, -0.25) is 9.80 Å². The molecule has 1 unspecified atom stereocenters. The standard InChI is InChI=1S/C16H13ClF3N3O2/c17-11-5-1-2-6-12(11)23-13(8-14(22-23)16(18,19)20)15(24)21-9-10-4-3-7-25-10/h1-8,14,22H,9H2,(H,21,24). The molecule has 9 heteroatoms. The van der Waals surface area contributed by atoms with E-state index in [-0.39, 0.29) is 23.0 Å². The van der Waals surface area contributed by atoms with Crippen LogP contribution in [0.1, 0.15) is 5.76 Å². The van der Waals surface area contributed by atoms with E-state index in [0.29, 0.717) is 5.76 Å². The van der Waals surface area contributed by atoms with Crippen molar-refractivity contribution in [2.45, 2.75) is 18.8 Å². The molecule has 3 rings (SSSR count). The number of para-hydroxylation sites is 1. The normalized spacial score (nSPS) is 17.5. The average Bonchev–Trinajstić information content (AvgIpc) is 3.22. The molecule has 0 bridgehead atoms. The van der Waals surface area contributed by atoms with Gasteiger partial charge in [0, 0.05) is 0 Å². The number of amides is 1. The SMILES string of the molecule is O=C(NCc1ccco1)C1=CC(C(F)(F)F)NN1c1ccccc1Cl. The van der Waals surface area contributed by atoms with Crippen LogP contribution in [-0.2, 0) is 11.3 Å². The van der Waals surface area contributed by atoms with Gasteiger partial charge in [-0.2, -0.15) is 13.2 Å². The van der Waals surface area contributed by atoms with E-state index in [9.17, 15) is 18.0 Å². The van der Waals surface area contributed by atoms with Crippen LogP contribution in [0.3, 0.4) is 0 Å². The summed E-state index contributed by atoms with van der Waals surface area (Å²) in [7, 11) is 0. The molecule has 0 spiro atoms. The molecule has 132 valence electrons. The van der Waals surface area contributed by atoms with E-state index < -0.39 is 18.1 Å². The Morgan fingerprint density at radius 3 is 2.68 bits per heavy atom. The first kappa shape index (κ1) is 17.4. The second-order valence-corrected chi connectivity index (χ2v) is 5.66. The lowest BCUT2D eigenvalue weighted by Gasteiger charge is -2.25. The van der Waals surface area contributed by atoms with Crippen LogP contribution in [0.5, 0.6) is 0 Å². The quantitative estimate of drug-likeness (QED) is 0.865. The first-order valence-corrected chi connectivity index (χ1v) is 7.64. The molecule has 25 heavy (non-hydrogen) atoms. The number of halogens is 4. The summed E-state index contributed by atoms with van der Waals surface area (Å²) in [5.74, 6) is -0.202. The molecule has 0 radical (unpaired) electrons. The number of hydrazine groups is 1. The number of nitrogens with zero attached hydrogens (tertiary/aromatic N) is 1. The van der Waals surface area contributed by atoms with E-state index in [0.717, 1.165) is 11.1 Å². The van der Waals surface area contributed by atoms with Gasteiger partial charge in [0.25, 0.3) is 5.91 Å². The van der Waals surface area contributed by atoms with E-state index in [2.05, 4.69) is 10.7 Å². The predicted molar refractivity (Wildman–Crippen MR) is 85.5 cm³/mol. The van der Waals surface area contributed by atoms with Crippen molar-refractivity contribution in [2.24, 2.45) is 0 Å². The van der Waals surface area contributed by atoms with Crippen LogP contribution < -0.4 is 15.8 Å². The third-order valence-corrected chi connectivity index (χ3v) is 3.84. The molecule has 1 aliphatic rings. The molecule has 2 aromatic rings. The van der Waals surface area contributed by atoms with Crippen LogP contribution in [0.15, 0.2) is 58.9 Å². The van der Waals surface area contributed by atoms with Gasteiger partial charge in [0.05, 0.1) is 23.5 Å². The molecule has 1 aromatic heterocycles. The predicted octanol–water partition coefficient (Wildman–Crippen LogP) is 3.39. The molecule has 5 nitrogen and oxygen atoms in total. The highest BCUT2D eigenvalue weighted by Crippen LogP contribution is 2.33. The number of carbonyl (C=O) groups excluding carboxylic acids is 1. The van der Waals surface area contributed by atoms with E-state index >= 15 is 0 Å². The van der Waals surface area contributed by atoms with Crippen molar-refractivity contribution >= 4 is 23.2 Å². The maximum Gasteiger partial charge on any atom is 0.409 e. The average molecular weight is 372 g/mol. The van der Waals surface area contributed by atoms with Crippen molar-refractivity contribution < 1.29 is 22.4 Å². The van der Waals surface area contributed by atoms with Gasteiger partial charge in [-0.25, -0.2) is 5.43 Å². The number of nitrogens with one attached hydrogen (secondary N) is 2. The zero-order chi connectivity index (χ0) is 18.0. The molecule has 0 saturated carbocycles. The lowest BCUT2D eigenvalue weighted by molar-refractivity contribution is -0.142. The maximum atomic E-state index is 13.1. The van der Waals surface area contributed by atoms with Crippen LogP contribution in [0.2, 0.25) is 5.02 Å². The van der Waals surface area contributed by atoms with E-state index in [1.165, 1.54) is 18.4 Å². The summed E-state index contributed by atoms with van der Waals surface area (Å²) < 4.78 is 44.3. The summed E-state index contributed by atoms with van der Waals surface area (Å²) in [6.45, 7) is 0.0518. The van der Waals surface area contributed by atoms with Crippen molar-refractivity contribution in [3.63, 3.8) is 0 Å². The Morgan fingerprint density at radius 2 is 2.04 bits per heavy atom. The summed E-state index contributed by atoms with van der Waals surface area (Å²) in [5, 5.41) is 3.78. The number of hydrogen-bond acceptors (Lipinski definition) is 4. The number of anilines is 1. The summed E-state index contributed by atoms with van der Waals surface area (Å²) in [6, 6.07) is 7.60. The Balaban J connectivity index is 1.85. The smallest absolute Gasteiger partial charge is 0.409 e. The Bertz CT molecular complexity index is 790. The molecule has 1 amide bonds. The first-order valence-electron chi connectivity index (χ1n) is 7.26. The Labute approximate surface area is 146 Å². The number of rotatable bonds is 4. The summed E-state index contributed by atoms with van der Waals surface area (Å²) in [5.41, 5.74) is 2.31. The van der Waals surface area contributed by atoms with Gasteiger partial charge >= 0.3 is 6.18 Å². The summed E-state index contributed by atoms with van der Waals surface area (Å²) >= 11 is 6.06. The number of alkyl halides is 3. The first-order chi connectivity index (χ1) is 11.9. The number of benzene rings is 1. The van der Waals surface area contributed by atoms with Gasteiger partial charge in [-0.05, 0) is 30.3 Å². The molecule has 1 aliphatic heterocycles. The van der Waals surface area contributed by atoms with Crippen molar-refractivity contribution in [1.29, 1.82) is 0 Å². The molecule has 2 N–H and O–H groups in total. The Kier molecular flexibility index (Phi) is 4.73. The van der Waals surface area contributed by atoms with Gasteiger partial charge in [0.1, 0.15) is 17.5 Å². The fourth-order valence-electron chi connectivity index (χ4n) is 2.33. The molecule has 1 atom stereocenters. The zero-order valence-corrected chi connectivity index (χ0v) is 13.4. The lowest BCUT2D eigenvalue weighted by Crippen LogP contribution is -2.46. The molecule has 1 aromatic carbocycles. The van der Waals surface area contributed by atoms with Crippen LogP contribution in [-0.4, -0.2) is 18.1 Å². The largest absolute Gasteiger partial charge is 0.467 e. The summed E-state index contributed by atoms with van der Waals surface area (Å²) in [6.07, 6.45) is -2.29. The van der Waals surface area contributed by atoms with Crippen LogP contribution in [0.4, 0.5) is 18.9 Å². The minimum atomic E-state index is -4.55. The highest BCUT2D eigenvalue weighted by molar-refractivity contribution is 6.33. The fraction of sp³-hybridized carbons (Fsp3) is 0.188. The minimum absolute atomic E-state index is 0.0518. The van der Waals surface area contributed by atoms with E-state index in [1.807, 2.05) is 0 Å². The Hall–Kier alpha value is -2.45. The topological polar surface area (TPSA) is 57.5 Å². The molecule has 2 heterocycles. The van der Waals surface area contributed by atoms with Crippen LogP contribution in [0, 0.1) is 0 Å². The van der Waals surface area contributed by atoms with Gasteiger partial charge in [-0.15, -0.1) is 0 Å². The van der Waals surface area contributed by atoms with Crippen molar-refractivity contribution in [1.82, 2.24) is 10.7 Å². The lowest BCUT2D eigenvalue weighted by atomic mass is 10.2. The van der Waals surface area contributed by atoms with Gasteiger partial charge in [0.2, 0.25) is 0 Å². The molecule has 0 saturated heterocycles. The number of hydrogen-bond donors (Lipinski definition) is 2. The van der Waals surface area contributed by atoms with Crippen LogP contribution in [0.25, 0.3) is 0 Å². The highest BCUT2D eigenvalue weighted by Gasteiger charge is 2.45. The molecule has 0 aliphatic carbocycles. The third-order valence-electron chi connectivity index (χ3n) is 3.52. The number of furan rings is 1. The summed E-state index contributed by atoms with van der Waals surface area (Å²) in [4.78, 5) is 12.4. The second kappa shape index (κ2) is 6.81. The monoisotopic (exact) mass is 371 g/mol. The highest BCUT2D eigenvalue weighted by atomic mass is 35.5. The zero-order valence-electron chi connectivity index (χ0n) is 12.7. The fourth-order valence-corrected chi connectivity index (χ4v) is 2.55. The van der Waals surface area contributed by atoms with Gasteiger partial charge in [-0.1, -0.05) is 23.7 Å². The van der Waals surface area contributed by atoms with E-state index in [4.69, 9.17) is 16.0 Å². The van der Waals surface area contributed by atoms with E-state index in [1.54, 1.807) is 24.3 Å². The van der Waals surface area contributed by atoms with Crippen molar-refractivity contribution in [3.8, 4) is 0 Å². The molecule has 0 fully saturated rings. The minimum Gasteiger partial charge on any atom is -0.467 e. The van der Waals surface area contributed by atoms with Gasteiger partial charge < -0.3 is 9.73 Å². The van der Waals surface area contributed by atoms with Crippen LogP contribution >= 0.6 is 11.6 Å². The second-order valence-electron chi connectivity index (χ2n) is 5.25. The Morgan fingerprint density at radius 1 is 1.28 bits per heavy atom. The van der Waals surface area contributed by atoms with Crippen molar-refractivity contribution in [3.05, 3.63) is 65.2 Å². The number of carbonyl (C=O) groups is 1. The molecular weight excluding hydrogens is 359 g/mol. The van der Waals surface area contributed by atoms with Crippen molar-refractivity contribution in [2.75, 3.05) is 5.01 Å². The molecular formula is C16H13ClF3N3O2.